The van der Waals surface area contributed by atoms with Gasteiger partial charge in [0.15, 0.2) is 8.07 Å². The molecule has 11 aromatic carbocycles. The summed E-state index contributed by atoms with van der Waals surface area (Å²) >= 11 is 0. The second-order valence-electron chi connectivity index (χ2n) is 17.3. The maximum absolute atomic E-state index is 2.82. The average Bonchev–Trinajstić information content (AvgIpc) is 3.75. The van der Waals surface area contributed by atoms with Crippen LogP contribution in [0.15, 0.2) is 279 Å². The summed E-state index contributed by atoms with van der Waals surface area (Å²) in [5.74, 6) is 0. The predicted molar refractivity (Wildman–Crippen MR) is 287 cm³/mol. The molecule has 0 atom stereocenters. The quantitative estimate of drug-likeness (QED) is 0.0982. The van der Waals surface area contributed by atoms with Gasteiger partial charge in [-0.25, -0.2) is 0 Å². The number of anilines is 3. The molecule has 0 saturated carbocycles. The third-order valence-corrected chi connectivity index (χ3v) is 18.3. The van der Waals surface area contributed by atoms with E-state index in [9.17, 15) is 0 Å². The zero-order valence-corrected chi connectivity index (χ0v) is 38.0. The second kappa shape index (κ2) is 17.1. The predicted octanol–water partition coefficient (Wildman–Crippen LogP) is 14.1. The molecular formula is C64H46N2Si. The van der Waals surface area contributed by atoms with Crippen molar-refractivity contribution in [2.45, 2.75) is 0 Å². The molecular weight excluding hydrogens is 825 g/mol. The maximum atomic E-state index is 2.47. The van der Waals surface area contributed by atoms with Crippen molar-refractivity contribution in [2.75, 3.05) is 4.90 Å². The lowest BCUT2D eigenvalue weighted by atomic mass is 9.98. The third-order valence-electron chi connectivity index (χ3n) is 13.5. The fourth-order valence-electron chi connectivity index (χ4n) is 10.5. The van der Waals surface area contributed by atoms with Gasteiger partial charge in [-0.3, -0.25) is 0 Å². The van der Waals surface area contributed by atoms with E-state index in [0.717, 1.165) is 22.7 Å². The first-order valence-corrected chi connectivity index (χ1v) is 25.1. The molecule has 0 aliphatic rings. The average molecular weight is 871 g/mol. The van der Waals surface area contributed by atoms with Gasteiger partial charge in [0.1, 0.15) is 0 Å². The van der Waals surface area contributed by atoms with Gasteiger partial charge in [0, 0.05) is 33.5 Å². The van der Waals surface area contributed by atoms with Gasteiger partial charge in [0.2, 0.25) is 0 Å². The topological polar surface area (TPSA) is 8.17 Å². The summed E-state index contributed by atoms with van der Waals surface area (Å²) < 4.78 is 2.39. The van der Waals surface area contributed by atoms with Crippen molar-refractivity contribution in [1.82, 2.24) is 4.57 Å². The van der Waals surface area contributed by atoms with Crippen molar-refractivity contribution in [1.29, 1.82) is 0 Å². The van der Waals surface area contributed by atoms with Crippen LogP contribution >= 0.6 is 0 Å². The second-order valence-corrected chi connectivity index (χ2v) is 21.1. The highest BCUT2D eigenvalue weighted by Gasteiger charge is 2.41. The SMILES string of the molecule is c1ccc(-c2ccc3ccc(N(c4ccc(-c5cccc6c5c5ccccc5n6-c5ccccc5)cc4)c4cccc([Si](c5ccccc5)(c5ccccc5)c5ccccc5)c4)cc3c2)cc1. The Morgan fingerprint density at radius 2 is 0.806 bits per heavy atom. The Morgan fingerprint density at radius 3 is 1.48 bits per heavy atom. The van der Waals surface area contributed by atoms with E-state index in [1.54, 1.807) is 0 Å². The maximum Gasteiger partial charge on any atom is 0.179 e. The highest BCUT2D eigenvalue weighted by molar-refractivity contribution is 7.19. The normalized spacial score (nSPS) is 11.6. The van der Waals surface area contributed by atoms with Gasteiger partial charge in [-0.1, -0.05) is 212 Å². The van der Waals surface area contributed by atoms with Crippen LogP contribution in [0, 0.1) is 0 Å². The largest absolute Gasteiger partial charge is 0.310 e. The van der Waals surface area contributed by atoms with Crippen LogP contribution in [-0.4, -0.2) is 12.6 Å². The molecule has 2 nitrogen and oxygen atoms in total. The molecule has 0 unspecified atom stereocenters. The van der Waals surface area contributed by atoms with E-state index in [2.05, 4.69) is 289 Å². The minimum Gasteiger partial charge on any atom is -0.310 e. The Labute approximate surface area is 392 Å². The summed E-state index contributed by atoms with van der Waals surface area (Å²) in [5, 5.41) is 10.3. The molecule has 1 aromatic heterocycles. The molecule has 0 radical (unpaired) electrons. The van der Waals surface area contributed by atoms with Crippen LogP contribution in [-0.2, 0) is 0 Å². The number of nitrogens with zero attached hydrogens (tertiary/aromatic N) is 2. The Morgan fingerprint density at radius 1 is 0.299 bits per heavy atom. The van der Waals surface area contributed by atoms with E-state index in [1.165, 1.54) is 75.6 Å². The van der Waals surface area contributed by atoms with Crippen LogP contribution in [0.3, 0.4) is 0 Å². The lowest BCUT2D eigenvalue weighted by Gasteiger charge is -2.35. The molecule has 0 aliphatic heterocycles. The van der Waals surface area contributed by atoms with E-state index in [-0.39, 0.29) is 0 Å². The molecule has 0 N–H and O–H groups in total. The van der Waals surface area contributed by atoms with Crippen molar-refractivity contribution in [3.8, 4) is 27.9 Å². The fourth-order valence-corrected chi connectivity index (χ4v) is 15.3. The number of aromatic nitrogens is 1. The number of hydrogen-bond donors (Lipinski definition) is 0. The van der Waals surface area contributed by atoms with E-state index in [1.807, 2.05) is 0 Å². The Hall–Kier alpha value is -8.50. The van der Waals surface area contributed by atoms with E-state index < -0.39 is 8.07 Å². The van der Waals surface area contributed by atoms with Gasteiger partial charge in [-0.05, 0) is 121 Å². The summed E-state index contributed by atoms with van der Waals surface area (Å²) in [7, 11) is -2.82. The van der Waals surface area contributed by atoms with Gasteiger partial charge >= 0.3 is 0 Å². The zero-order valence-electron chi connectivity index (χ0n) is 37.0. The molecule has 316 valence electrons. The van der Waals surface area contributed by atoms with Gasteiger partial charge in [0.05, 0.1) is 11.0 Å². The number of fused-ring (bicyclic) bond motifs is 4. The van der Waals surface area contributed by atoms with Crippen molar-refractivity contribution in [3.63, 3.8) is 0 Å². The standard InChI is InChI=1S/C64H46N2Si/c1-6-20-47(21-7-1)50-37-36-48-38-43-55(45-51(48)44-50)65(54-24-18-31-59(46-54)67(56-25-10-3-11-26-56,57-27-12-4-13-28-57)58-29-14-5-15-30-58)53-41-39-49(40-42-53)60-33-19-35-63-64(60)61-32-16-17-34-62(61)66(63)52-22-8-2-9-23-52/h1-46H. The Bertz CT molecular complexity index is 3570. The molecule has 0 fully saturated rings. The first-order chi connectivity index (χ1) is 33.2. The molecule has 1 heterocycles. The van der Waals surface area contributed by atoms with Crippen molar-refractivity contribution < 1.29 is 0 Å². The first kappa shape index (κ1) is 40.0. The zero-order chi connectivity index (χ0) is 44.6. The van der Waals surface area contributed by atoms with E-state index in [4.69, 9.17) is 0 Å². The summed E-state index contributed by atoms with van der Waals surface area (Å²) in [5.41, 5.74) is 11.7. The van der Waals surface area contributed by atoms with Crippen LogP contribution in [0.25, 0.3) is 60.5 Å². The lowest BCUT2D eigenvalue weighted by molar-refractivity contribution is 1.18. The summed E-state index contributed by atoms with van der Waals surface area (Å²) in [6.07, 6.45) is 0. The van der Waals surface area contributed by atoms with E-state index >= 15 is 0 Å². The lowest BCUT2D eigenvalue weighted by Crippen LogP contribution is -2.74. The number of benzene rings is 11. The molecule has 0 bridgehead atoms. The van der Waals surface area contributed by atoms with Crippen molar-refractivity contribution in [3.05, 3.63) is 279 Å². The molecule has 0 aliphatic carbocycles. The third kappa shape index (κ3) is 7.05. The summed E-state index contributed by atoms with van der Waals surface area (Å²) in [6, 6.07) is 103. The Balaban J connectivity index is 1.05. The van der Waals surface area contributed by atoms with Gasteiger partial charge in [-0.2, -0.15) is 0 Å². The van der Waals surface area contributed by atoms with Gasteiger partial charge in [-0.15, -0.1) is 0 Å². The van der Waals surface area contributed by atoms with Gasteiger partial charge < -0.3 is 9.47 Å². The highest BCUT2D eigenvalue weighted by atomic mass is 28.3. The first-order valence-electron chi connectivity index (χ1n) is 23.1. The van der Waals surface area contributed by atoms with E-state index in [0.29, 0.717) is 0 Å². The molecule has 0 amide bonds. The van der Waals surface area contributed by atoms with Crippen molar-refractivity contribution in [2.24, 2.45) is 0 Å². The number of hydrogen-bond acceptors (Lipinski definition) is 1. The van der Waals surface area contributed by atoms with Crippen LogP contribution in [0.5, 0.6) is 0 Å². The van der Waals surface area contributed by atoms with Crippen LogP contribution < -0.4 is 25.6 Å². The van der Waals surface area contributed by atoms with Crippen molar-refractivity contribution >= 4 is 78.5 Å². The molecule has 12 aromatic rings. The summed E-state index contributed by atoms with van der Waals surface area (Å²) in [6.45, 7) is 0. The molecule has 0 saturated heterocycles. The molecule has 12 rings (SSSR count). The molecule has 3 heteroatoms. The minimum absolute atomic E-state index is 1.09. The number of para-hydroxylation sites is 2. The monoisotopic (exact) mass is 870 g/mol. The molecule has 0 spiro atoms. The number of rotatable bonds is 10. The smallest absolute Gasteiger partial charge is 0.179 e. The van der Waals surface area contributed by atoms with Crippen LogP contribution in [0.2, 0.25) is 0 Å². The van der Waals surface area contributed by atoms with Gasteiger partial charge in [0.25, 0.3) is 0 Å². The highest BCUT2D eigenvalue weighted by Crippen LogP contribution is 2.41. The fraction of sp³-hybridized carbons (Fsp3) is 0. The minimum atomic E-state index is -2.82. The molecule has 67 heavy (non-hydrogen) atoms. The van der Waals surface area contributed by atoms with Crippen LogP contribution in [0.4, 0.5) is 17.1 Å². The Kier molecular flexibility index (Phi) is 10.2. The summed E-state index contributed by atoms with van der Waals surface area (Å²) in [4.78, 5) is 2.45. The van der Waals surface area contributed by atoms with Crippen LogP contribution in [0.1, 0.15) is 0 Å².